The van der Waals surface area contributed by atoms with E-state index in [1.165, 1.54) is 12.3 Å². The largest absolute Gasteiger partial charge is 0.269 e. The lowest BCUT2D eigenvalue weighted by molar-refractivity contribution is 0.0925. The van der Waals surface area contributed by atoms with Gasteiger partial charge in [0.1, 0.15) is 5.82 Å². The van der Waals surface area contributed by atoms with E-state index in [1.54, 1.807) is 12.1 Å². The van der Waals surface area contributed by atoms with Crippen molar-refractivity contribution >= 4 is 64.0 Å². The normalized spacial score (nSPS) is 13.8. The molecule has 1 aromatic heterocycles. The van der Waals surface area contributed by atoms with Crippen LogP contribution in [0.2, 0.25) is 20.1 Å². The molecular weight excluding hydrogens is 358 g/mol. The van der Waals surface area contributed by atoms with Crippen molar-refractivity contribution in [2.24, 2.45) is 0 Å². The molecule has 2 heterocycles. The van der Waals surface area contributed by atoms with Gasteiger partial charge >= 0.3 is 0 Å². The zero-order valence-electron chi connectivity index (χ0n) is 10.0. The Morgan fingerprint density at radius 2 is 1.33 bits per heavy atom. The Labute approximate surface area is 139 Å². The molecule has 0 saturated carbocycles. The van der Waals surface area contributed by atoms with Gasteiger partial charge in [0.25, 0.3) is 11.8 Å². The van der Waals surface area contributed by atoms with Crippen molar-refractivity contribution in [3.8, 4) is 0 Å². The highest BCUT2D eigenvalue weighted by Crippen LogP contribution is 2.45. The van der Waals surface area contributed by atoms with E-state index in [9.17, 15) is 9.59 Å². The van der Waals surface area contributed by atoms with E-state index in [2.05, 4.69) is 4.98 Å². The highest BCUT2D eigenvalue weighted by Gasteiger charge is 2.42. The molecule has 3 rings (SSSR count). The van der Waals surface area contributed by atoms with Crippen LogP contribution >= 0.6 is 46.4 Å². The minimum Gasteiger partial charge on any atom is -0.268 e. The number of pyridine rings is 1. The highest BCUT2D eigenvalue weighted by molar-refractivity contribution is 6.56. The van der Waals surface area contributed by atoms with Crippen molar-refractivity contribution < 1.29 is 9.59 Å². The first kappa shape index (κ1) is 14.6. The van der Waals surface area contributed by atoms with E-state index in [0.29, 0.717) is 0 Å². The number of hydrogen-bond acceptors (Lipinski definition) is 3. The molecule has 0 N–H and O–H groups in total. The molecule has 1 aliphatic heterocycles. The quantitative estimate of drug-likeness (QED) is 0.427. The Hall–Kier alpha value is -1.33. The lowest BCUT2D eigenvalue weighted by Gasteiger charge is -2.11. The van der Waals surface area contributed by atoms with Crippen molar-refractivity contribution in [3.63, 3.8) is 0 Å². The topological polar surface area (TPSA) is 50.3 Å². The number of hydrogen-bond donors (Lipinski definition) is 0. The van der Waals surface area contributed by atoms with Gasteiger partial charge in [-0.1, -0.05) is 52.5 Å². The van der Waals surface area contributed by atoms with Crippen LogP contribution in [0.1, 0.15) is 20.7 Å². The van der Waals surface area contributed by atoms with Crippen molar-refractivity contribution in [2.45, 2.75) is 0 Å². The smallest absolute Gasteiger partial charge is 0.268 e. The fraction of sp³-hybridized carbons (Fsp3) is 0. The van der Waals surface area contributed by atoms with Gasteiger partial charge in [0.05, 0.1) is 31.2 Å². The van der Waals surface area contributed by atoms with Crippen LogP contribution in [0.15, 0.2) is 24.4 Å². The molecule has 2 amide bonds. The molecule has 106 valence electrons. The summed E-state index contributed by atoms with van der Waals surface area (Å²) in [4.78, 5) is 29.8. The molecule has 0 unspecified atom stereocenters. The van der Waals surface area contributed by atoms with Crippen LogP contribution in [0.4, 0.5) is 5.82 Å². The van der Waals surface area contributed by atoms with E-state index in [1.807, 2.05) is 0 Å². The molecule has 0 bridgehead atoms. The monoisotopic (exact) mass is 360 g/mol. The third-order valence-electron chi connectivity index (χ3n) is 2.98. The van der Waals surface area contributed by atoms with Gasteiger partial charge in [-0.3, -0.25) is 9.59 Å². The zero-order chi connectivity index (χ0) is 15.3. The van der Waals surface area contributed by atoms with Crippen molar-refractivity contribution in [1.29, 1.82) is 0 Å². The van der Waals surface area contributed by atoms with Gasteiger partial charge in [0.15, 0.2) is 0 Å². The first-order valence-corrected chi connectivity index (χ1v) is 7.12. The van der Waals surface area contributed by atoms with Crippen molar-refractivity contribution in [3.05, 3.63) is 55.6 Å². The lowest BCUT2D eigenvalue weighted by Crippen LogP contribution is -2.30. The second-order valence-corrected chi connectivity index (χ2v) is 5.65. The molecule has 1 aromatic carbocycles. The van der Waals surface area contributed by atoms with Crippen LogP contribution in [0, 0.1) is 0 Å². The van der Waals surface area contributed by atoms with Gasteiger partial charge < -0.3 is 0 Å². The number of imide groups is 1. The van der Waals surface area contributed by atoms with Gasteiger partial charge in [0, 0.05) is 6.20 Å². The fourth-order valence-electron chi connectivity index (χ4n) is 2.04. The third kappa shape index (κ3) is 2.02. The summed E-state index contributed by atoms with van der Waals surface area (Å²) >= 11 is 23.9. The lowest BCUT2D eigenvalue weighted by atomic mass is 10.1. The average molecular weight is 362 g/mol. The van der Waals surface area contributed by atoms with E-state index in [0.717, 1.165) is 4.90 Å². The molecule has 2 aromatic rings. The van der Waals surface area contributed by atoms with Crippen LogP contribution in [0.3, 0.4) is 0 Å². The summed E-state index contributed by atoms with van der Waals surface area (Å²) in [5, 5.41) is -0.326. The van der Waals surface area contributed by atoms with E-state index in [4.69, 9.17) is 46.4 Å². The SMILES string of the molecule is O=C1c2c(Cl)c(Cl)c(Cl)c(Cl)c2C(=O)N1c1ccccn1. The van der Waals surface area contributed by atoms with Crippen molar-refractivity contribution in [1.82, 2.24) is 4.98 Å². The van der Waals surface area contributed by atoms with Crippen LogP contribution in [-0.4, -0.2) is 16.8 Å². The number of amides is 2. The fourth-order valence-corrected chi connectivity index (χ4v) is 3.06. The minimum absolute atomic E-state index is 0.0632. The summed E-state index contributed by atoms with van der Waals surface area (Å²) in [6, 6.07) is 4.83. The first-order chi connectivity index (χ1) is 9.95. The van der Waals surface area contributed by atoms with Crippen LogP contribution in [0.25, 0.3) is 0 Å². The molecule has 0 spiro atoms. The van der Waals surface area contributed by atoms with E-state index < -0.39 is 11.8 Å². The highest BCUT2D eigenvalue weighted by atomic mass is 35.5. The third-order valence-corrected chi connectivity index (χ3v) is 4.78. The second kappa shape index (κ2) is 5.14. The molecule has 0 radical (unpaired) electrons. The Morgan fingerprint density at radius 1 is 0.810 bits per heavy atom. The number of halogens is 4. The maximum atomic E-state index is 12.5. The van der Waals surface area contributed by atoms with Crippen molar-refractivity contribution in [2.75, 3.05) is 4.90 Å². The van der Waals surface area contributed by atoms with Gasteiger partial charge in [-0.25, -0.2) is 9.88 Å². The van der Waals surface area contributed by atoms with Gasteiger partial charge in [-0.15, -0.1) is 0 Å². The molecule has 8 heteroatoms. The van der Waals surface area contributed by atoms with E-state index in [-0.39, 0.29) is 37.0 Å². The molecular formula is C13H4Cl4N2O2. The van der Waals surface area contributed by atoms with Gasteiger partial charge in [-0.2, -0.15) is 0 Å². The molecule has 0 atom stereocenters. The Kier molecular flexibility index (Phi) is 3.58. The summed E-state index contributed by atoms with van der Waals surface area (Å²) in [5.74, 6) is -1.11. The van der Waals surface area contributed by atoms with Crippen LogP contribution in [-0.2, 0) is 0 Å². The van der Waals surface area contributed by atoms with Gasteiger partial charge in [0.2, 0.25) is 0 Å². The molecule has 0 aliphatic carbocycles. The average Bonchev–Trinajstić information content (AvgIpc) is 2.75. The number of fused-ring (bicyclic) bond motifs is 1. The maximum Gasteiger partial charge on any atom is 0.269 e. The van der Waals surface area contributed by atoms with Crippen LogP contribution in [0.5, 0.6) is 0 Å². The number of benzene rings is 1. The molecule has 21 heavy (non-hydrogen) atoms. The maximum absolute atomic E-state index is 12.5. The molecule has 0 saturated heterocycles. The summed E-state index contributed by atoms with van der Waals surface area (Å²) < 4.78 is 0. The predicted molar refractivity (Wildman–Crippen MR) is 81.9 cm³/mol. The number of carbonyl (C=O) groups excluding carboxylic acids is 2. The van der Waals surface area contributed by atoms with E-state index >= 15 is 0 Å². The summed E-state index contributed by atoms with van der Waals surface area (Å²) in [5.41, 5.74) is -0.126. The number of aromatic nitrogens is 1. The zero-order valence-corrected chi connectivity index (χ0v) is 13.1. The van der Waals surface area contributed by atoms with Crippen LogP contribution < -0.4 is 4.90 Å². The molecule has 4 nitrogen and oxygen atoms in total. The second-order valence-electron chi connectivity index (χ2n) is 4.14. The molecule has 1 aliphatic rings. The number of nitrogens with zero attached hydrogens (tertiary/aromatic N) is 2. The number of carbonyl (C=O) groups is 2. The molecule has 0 fully saturated rings. The number of rotatable bonds is 1. The summed E-state index contributed by atoms with van der Waals surface area (Å²) in [6.07, 6.45) is 1.46. The summed E-state index contributed by atoms with van der Waals surface area (Å²) in [7, 11) is 0. The van der Waals surface area contributed by atoms with Gasteiger partial charge in [-0.05, 0) is 12.1 Å². The Bertz CT molecular complexity index is 746. The minimum atomic E-state index is -0.640. The number of anilines is 1. The Morgan fingerprint density at radius 3 is 1.76 bits per heavy atom. The summed E-state index contributed by atoms with van der Waals surface area (Å²) in [6.45, 7) is 0. The Balaban J connectivity index is 2.27. The standard InChI is InChI=1S/C13H4Cl4N2O2/c14-8-6-7(9(15)11(17)10(8)16)13(21)19(12(6)20)5-3-1-2-4-18-5/h1-4H. The predicted octanol–water partition coefficient (Wildman–Crippen LogP) is 4.50. The first-order valence-electron chi connectivity index (χ1n) is 5.61.